The van der Waals surface area contributed by atoms with Crippen LogP contribution in [0.5, 0.6) is 0 Å². The average Bonchev–Trinajstić information content (AvgIpc) is 3.37. The Hall–Kier alpha value is -2.59. The van der Waals surface area contributed by atoms with Crippen molar-refractivity contribution in [2.24, 2.45) is 5.92 Å². The molecule has 3 amide bonds. The normalized spacial score (nSPS) is 22.9. The van der Waals surface area contributed by atoms with Crippen molar-refractivity contribution >= 4 is 69.7 Å². The molecule has 2 unspecified atom stereocenters. The van der Waals surface area contributed by atoms with Gasteiger partial charge in [-0.15, -0.1) is 0 Å². The molecular formula is C27H23Cl2N3O4S2. The molecule has 3 aromatic rings. The lowest BCUT2D eigenvalue weighted by Crippen LogP contribution is -2.39. The minimum absolute atomic E-state index is 0.102. The van der Waals surface area contributed by atoms with Gasteiger partial charge >= 0.3 is 4.87 Å². The number of rotatable bonds is 4. The molecule has 2 saturated heterocycles. The van der Waals surface area contributed by atoms with Crippen LogP contribution in [0.3, 0.4) is 0 Å². The molecule has 0 bridgehead atoms. The largest absolute Gasteiger partial charge is 0.341 e. The Balaban J connectivity index is 1.47. The van der Waals surface area contributed by atoms with Gasteiger partial charge in [-0.2, -0.15) is 0 Å². The number of piperidine rings is 1. The van der Waals surface area contributed by atoms with Crippen LogP contribution < -0.4 is 9.77 Å². The molecule has 2 aromatic carbocycles. The molecule has 6 rings (SSSR count). The van der Waals surface area contributed by atoms with Crippen molar-refractivity contribution in [3.63, 3.8) is 0 Å². The molecule has 3 aliphatic rings. The van der Waals surface area contributed by atoms with E-state index in [1.165, 1.54) is 21.2 Å². The number of thioether (sulfide) groups is 1. The van der Waals surface area contributed by atoms with Crippen molar-refractivity contribution in [2.45, 2.75) is 42.0 Å². The van der Waals surface area contributed by atoms with Crippen LogP contribution in [0.4, 0.5) is 5.69 Å². The molecule has 7 nitrogen and oxygen atoms in total. The highest BCUT2D eigenvalue weighted by molar-refractivity contribution is 8.00. The molecular weight excluding hydrogens is 565 g/mol. The molecule has 0 radical (unpaired) electrons. The zero-order valence-electron chi connectivity index (χ0n) is 20.1. The number of amides is 3. The smallest absolute Gasteiger partial charge is 0.308 e. The Morgan fingerprint density at radius 2 is 1.66 bits per heavy atom. The molecule has 1 aromatic heterocycles. The summed E-state index contributed by atoms with van der Waals surface area (Å²) in [5.74, 6) is -2.25. The Morgan fingerprint density at radius 1 is 0.921 bits per heavy atom. The first-order chi connectivity index (χ1) is 18.4. The van der Waals surface area contributed by atoms with E-state index in [4.69, 9.17) is 23.2 Å². The number of carbonyl (C=O) groups excluding carboxylic acids is 3. The SMILES string of the molecule is O=C(Cn1c2c(sc1=O)[C@H](c1cccc(Cl)c1Cl)C1C(=O)N(c3ccccc3)C(=O)C1S2)N1CCCCC1. The van der Waals surface area contributed by atoms with Crippen LogP contribution in [-0.2, 0) is 20.9 Å². The number of imide groups is 1. The number of anilines is 1. The van der Waals surface area contributed by atoms with Crippen LogP contribution in [0.15, 0.2) is 58.4 Å². The Morgan fingerprint density at radius 3 is 2.39 bits per heavy atom. The van der Waals surface area contributed by atoms with Crippen LogP contribution in [0, 0.1) is 5.92 Å². The fourth-order valence-electron chi connectivity index (χ4n) is 5.56. The maximum absolute atomic E-state index is 13.9. The van der Waals surface area contributed by atoms with Gasteiger partial charge in [-0.3, -0.25) is 23.7 Å². The van der Waals surface area contributed by atoms with Gasteiger partial charge in [0.15, 0.2) is 0 Å². The number of aromatic nitrogens is 1. The van der Waals surface area contributed by atoms with E-state index in [-0.39, 0.29) is 34.2 Å². The molecule has 196 valence electrons. The zero-order valence-corrected chi connectivity index (χ0v) is 23.3. The van der Waals surface area contributed by atoms with Gasteiger partial charge < -0.3 is 4.90 Å². The Labute approximate surface area is 237 Å². The fraction of sp³-hybridized carbons (Fsp3) is 0.333. The highest BCUT2D eigenvalue weighted by Crippen LogP contribution is 2.55. The third-order valence-corrected chi connectivity index (χ3v) is 10.8. The molecule has 0 saturated carbocycles. The third-order valence-electron chi connectivity index (χ3n) is 7.38. The number of hydrogen-bond donors (Lipinski definition) is 0. The van der Waals surface area contributed by atoms with Crippen molar-refractivity contribution in [1.82, 2.24) is 9.47 Å². The second-order valence-electron chi connectivity index (χ2n) is 9.60. The van der Waals surface area contributed by atoms with Gasteiger partial charge in [0.2, 0.25) is 17.7 Å². The van der Waals surface area contributed by atoms with E-state index in [0.717, 1.165) is 30.6 Å². The van der Waals surface area contributed by atoms with Crippen LogP contribution in [0.2, 0.25) is 10.0 Å². The lowest BCUT2D eigenvalue weighted by atomic mass is 9.83. The van der Waals surface area contributed by atoms with Gasteiger partial charge in [-0.1, -0.05) is 76.6 Å². The van der Waals surface area contributed by atoms with Crippen LogP contribution in [0.25, 0.3) is 0 Å². The Kier molecular flexibility index (Phi) is 6.88. The quantitative estimate of drug-likeness (QED) is 0.400. The number of thiazole rings is 1. The van der Waals surface area contributed by atoms with Gasteiger partial charge in [-0.05, 0) is 43.0 Å². The highest BCUT2D eigenvalue weighted by atomic mass is 35.5. The van der Waals surface area contributed by atoms with E-state index >= 15 is 0 Å². The lowest BCUT2D eigenvalue weighted by molar-refractivity contribution is -0.133. The van der Waals surface area contributed by atoms with E-state index in [9.17, 15) is 19.2 Å². The molecule has 0 spiro atoms. The summed E-state index contributed by atoms with van der Waals surface area (Å²) in [5.41, 5.74) is 1.08. The van der Waals surface area contributed by atoms with Crippen LogP contribution >= 0.6 is 46.3 Å². The molecule has 3 atom stereocenters. The summed E-state index contributed by atoms with van der Waals surface area (Å²) in [4.78, 5) is 57.4. The van der Waals surface area contributed by atoms with Crippen LogP contribution in [0.1, 0.15) is 35.6 Å². The summed E-state index contributed by atoms with van der Waals surface area (Å²) in [5, 5.41) is 0.375. The maximum Gasteiger partial charge on any atom is 0.308 e. The van der Waals surface area contributed by atoms with Crippen molar-refractivity contribution in [3.8, 4) is 0 Å². The number of benzene rings is 2. The van der Waals surface area contributed by atoms with Crippen molar-refractivity contribution < 1.29 is 14.4 Å². The maximum atomic E-state index is 13.9. The van der Waals surface area contributed by atoms with Gasteiger partial charge in [0.25, 0.3) is 0 Å². The topological polar surface area (TPSA) is 79.7 Å². The summed E-state index contributed by atoms with van der Waals surface area (Å²) in [6.07, 6.45) is 2.98. The summed E-state index contributed by atoms with van der Waals surface area (Å²) in [7, 11) is 0. The molecule has 38 heavy (non-hydrogen) atoms. The molecule has 0 N–H and O–H groups in total. The summed E-state index contributed by atoms with van der Waals surface area (Å²) < 4.78 is 1.46. The number of likely N-dealkylation sites (tertiary alicyclic amines) is 1. The number of halogens is 2. The number of carbonyl (C=O) groups is 3. The summed E-state index contributed by atoms with van der Waals surface area (Å²) in [6, 6.07) is 14.0. The van der Waals surface area contributed by atoms with E-state index in [1.54, 1.807) is 47.4 Å². The predicted molar refractivity (Wildman–Crippen MR) is 149 cm³/mol. The van der Waals surface area contributed by atoms with Crippen molar-refractivity contribution in [1.29, 1.82) is 0 Å². The van der Waals surface area contributed by atoms with Crippen molar-refractivity contribution in [2.75, 3.05) is 18.0 Å². The van der Waals surface area contributed by atoms with Gasteiger partial charge in [0.05, 0.1) is 26.7 Å². The second-order valence-corrected chi connectivity index (χ2v) is 12.5. The van der Waals surface area contributed by atoms with E-state index in [1.807, 2.05) is 6.07 Å². The average molecular weight is 589 g/mol. The predicted octanol–water partition coefficient (Wildman–Crippen LogP) is 5.02. The zero-order chi connectivity index (χ0) is 26.6. The minimum Gasteiger partial charge on any atom is -0.341 e. The monoisotopic (exact) mass is 587 g/mol. The van der Waals surface area contributed by atoms with Gasteiger partial charge in [0, 0.05) is 23.9 Å². The molecule has 2 fully saturated rings. The first-order valence-corrected chi connectivity index (χ1v) is 14.9. The molecule has 0 aliphatic carbocycles. The van der Waals surface area contributed by atoms with Crippen LogP contribution in [-0.4, -0.2) is 45.5 Å². The number of nitrogens with zero attached hydrogens (tertiary/aromatic N) is 3. The molecule has 3 aliphatic heterocycles. The van der Waals surface area contributed by atoms with Gasteiger partial charge in [-0.25, -0.2) is 4.90 Å². The molecule has 11 heteroatoms. The second kappa shape index (κ2) is 10.2. The molecule has 4 heterocycles. The first-order valence-electron chi connectivity index (χ1n) is 12.4. The van der Waals surface area contributed by atoms with Gasteiger partial charge in [0.1, 0.15) is 11.8 Å². The summed E-state index contributed by atoms with van der Waals surface area (Å²) >= 11 is 15.2. The number of para-hydroxylation sites is 1. The van der Waals surface area contributed by atoms with E-state index in [2.05, 4.69) is 0 Å². The Bertz CT molecular complexity index is 1500. The summed E-state index contributed by atoms with van der Waals surface area (Å²) in [6.45, 7) is 1.25. The number of fused-ring (bicyclic) bond motifs is 2. The van der Waals surface area contributed by atoms with Crippen molar-refractivity contribution in [3.05, 3.63) is 78.7 Å². The lowest BCUT2D eigenvalue weighted by Gasteiger charge is -2.31. The van der Waals surface area contributed by atoms with E-state index < -0.39 is 17.1 Å². The highest BCUT2D eigenvalue weighted by Gasteiger charge is 2.57. The number of hydrogen-bond acceptors (Lipinski definition) is 6. The fourth-order valence-corrected chi connectivity index (χ4v) is 8.75. The van der Waals surface area contributed by atoms with E-state index in [0.29, 0.717) is 39.3 Å². The standard InChI is InChI=1S/C27H23Cl2N3O4S2/c28-17-11-7-10-16(21(17)29)19-20-22(25(35)32(24(20)34)15-8-3-1-4-9-15)37-26-23(19)38-27(36)31(26)14-18(33)30-12-5-2-6-13-30/h1,3-4,7-11,19-20,22H,2,5-6,12-14H2/t19-,20?,22?/m1/s1. The minimum atomic E-state index is -0.777. The first kappa shape index (κ1) is 25.7. The third kappa shape index (κ3) is 4.20.